The summed E-state index contributed by atoms with van der Waals surface area (Å²) < 4.78 is 14.7. The van der Waals surface area contributed by atoms with Crippen LogP contribution in [0.2, 0.25) is 0 Å². The van der Waals surface area contributed by atoms with Crippen molar-refractivity contribution in [3.63, 3.8) is 0 Å². The number of amides is 1. The maximum Gasteiger partial charge on any atom is 0.337 e. The number of nitrogens with one attached hydrogen (secondary N) is 2. The van der Waals surface area contributed by atoms with Crippen LogP contribution in [0, 0.1) is 22.6 Å². The first-order chi connectivity index (χ1) is 9.93. The van der Waals surface area contributed by atoms with Crippen LogP contribution in [-0.2, 0) is 7.05 Å². The number of rotatable bonds is 1. The van der Waals surface area contributed by atoms with Gasteiger partial charge in [-0.25, -0.2) is 18.5 Å². The smallest absolute Gasteiger partial charge is 0.307 e. The van der Waals surface area contributed by atoms with Gasteiger partial charge >= 0.3 is 11.7 Å². The lowest BCUT2D eigenvalue weighted by Crippen LogP contribution is -2.43. The molecule has 0 aliphatic heterocycles. The molecule has 8 heteroatoms. The summed E-state index contributed by atoms with van der Waals surface area (Å²) >= 11 is 0. The van der Waals surface area contributed by atoms with Crippen LogP contribution in [0.4, 0.5) is 14.9 Å². The van der Waals surface area contributed by atoms with Crippen molar-refractivity contribution in [1.29, 1.82) is 10.7 Å². The van der Waals surface area contributed by atoms with Gasteiger partial charge < -0.3 is 5.32 Å². The van der Waals surface area contributed by atoms with E-state index in [9.17, 15) is 14.0 Å². The fourth-order valence-corrected chi connectivity index (χ4v) is 1.64. The molecule has 2 aromatic rings. The molecular weight excluding hydrogens is 277 g/mol. The Morgan fingerprint density at radius 2 is 2.19 bits per heavy atom. The number of hydrogen-bond acceptors (Lipinski definition) is 4. The summed E-state index contributed by atoms with van der Waals surface area (Å²) in [6.45, 7) is 0. The largest absolute Gasteiger partial charge is 0.337 e. The zero-order valence-electron chi connectivity index (χ0n) is 10.9. The van der Waals surface area contributed by atoms with Gasteiger partial charge in [0.05, 0.1) is 17.8 Å². The Morgan fingerprint density at radius 3 is 2.86 bits per heavy atom. The molecule has 1 aromatic heterocycles. The number of carbonyl (C=O) groups is 1. The second-order valence-corrected chi connectivity index (χ2v) is 4.16. The third-order valence-electron chi connectivity index (χ3n) is 2.76. The van der Waals surface area contributed by atoms with Crippen LogP contribution in [0.15, 0.2) is 35.3 Å². The van der Waals surface area contributed by atoms with E-state index < -0.39 is 23.0 Å². The van der Waals surface area contributed by atoms with Crippen LogP contribution < -0.4 is 16.5 Å². The molecule has 1 heterocycles. The molecule has 0 unspecified atom stereocenters. The molecule has 0 saturated carbocycles. The van der Waals surface area contributed by atoms with Crippen molar-refractivity contribution in [2.75, 3.05) is 5.32 Å². The monoisotopic (exact) mass is 287 g/mol. The van der Waals surface area contributed by atoms with Gasteiger partial charge in [-0.3, -0.25) is 9.98 Å². The lowest BCUT2D eigenvalue weighted by molar-refractivity contribution is 0.251. The summed E-state index contributed by atoms with van der Waals surface area (Å²) in [4.78, 5) is 23.8. The van der Waals surface area contributed by atoms with Gasteiger partial charge in [0.2, 0.25) is 0 Å². The Morgan fingerprint density at radius 1 is 1.48 bits per heavy atom. The minimum atomic E-state index is -1.00. The van der Waals surface area contributed by atoms with Crippen LogP contribution in [0.3, 0.4) is 0 Å². The molecule has 0 aliphatic rings. The van der Waals surface area contributed by atoms with Gasteiger partial charge in [0.1, 0.15) is 0 Å². The predicted molar refractivity (Wildman–Crippen MR) is 71.1 cm³/mol. The second kappa shape index (κ2) is 5.42. The van der Waals surface area contributed by atoms with Crippen molar-refractivity contribution < 1.29 is 9.18 Å². The fraction of sp³-hybridized carbons (Fsp3) is 0.0769. The molecule has 0 saturated heterocycles. The Hall–Kier alpha value is -3.21. The number of anilines is 1. The normalized spacial score (nSPS) is 9.95. The van der Waals surface area contributed by atoms with E-state index in [0.717, 1.165) is 0 Å². The third kappa shape index (κ3) is 2.71. The van der Waals surface area contributed by atoms with E-state index in [1.54, 1.807) is 12.1 Å². The second-order valence-electron chi connectivity index (χ2n) is 4.16. The molecule has 7 nitrogen and oxygen atoms in total. The average molecular weight is 287 g/mol. The topological polar surface area (TPSA) is 104 Å². The summed E-state index contributed by atoms with van der Waals surface area (Å²) in [7, 11) is 1.19. The molecule has 21 heavy (non-hydrogen) atoms. The Labute approximate surface area is 118 Å². The summed E-state index contributed by atoms with van der Waals surface area (Å²) in [6.07, 6.45) is 0.647. The lowest BCUT2D eigenvalue weighted by atomic mass is 10.2. The standard InChI is InChI=1S/C13H10FN5O2/c1-18-11(16)10(14)7-19(13(18)21)12(20)17-9-4-2-3-8(5-9)6-15/h2-5,7,16H,1H3,(H,17,20). The number of halogens is 1. The van der Waals surface area contributed by atoms with E-state index in [2.05, 4.69) is 5.32 Å². The summed E-state index contributed by atoms with van der Waals surface area (Å²) in [6, 6.07) is 7.08. The van der Waals surface area contributed by atoms with Gasteiger partial charge in [-0.15, -0.1) is 0 Å². The number of nitrogens with zero attached hydrogens (tertiary/aromatic N) is 3. The van der Waals surface area contributed by atoms with Crippen LogP contribution in [-0.4, -0.2) is 15.2 Å². The third-order valence-corrected chi connectivity index (χ3v) is 2.76. The number of nitriles is 1. The van der Waals surface area contributed by atoms with Crippen LogP contribution in [0.1, 0.15) is 5.56 Å². The molecule has 106 valence electrons. The van der Waals surface area contributed by atoms with Crippen molar-refractivity contribution >= 4 is 11.7 Å². The molecular formula is C13H10FN5O2. The molecule has 0 aliphatic carbocycles. The van der Waals surface area contributed by atoms with Crippen molar-refractivity contribution in [2.45, 2.75) is 0 Å². The lowest BCUT2D eigenvalue weighted by Gasteiger charge is -2.09. The molecule has 0 atom stereocenters. The molecule has 1 aromatic carbocycles. The highest BCUT2D eigenvalue weighted by Crippen LogP contribution is 2.09. The first-order valence-electron chi connectivity index (χ1n) is 5.78. The molecule has 0 spiro atoms. The predicted octanol–water partition coefficient (Wildman–Crippen LogP) is 0.757. The van der Waals surface area contributed by atoms with Gasteiger partial charge in [0.15, 0.2) is 11.3 Å². The molecule has 0 radical (unpaired) electrons. The number of benzene rings is 1. The maximum atomic E-state index is 13.4. The average Bonchev–Trinajstić information content (AvgIpc) is 2.48. The van der Waals surface area contributed by atoms with Crippen LogP contribution in [0.5, 0.6) is 0 Å². The van der Waals surface area contributed by atoms with E-state index in [4.69, 9.17) is 10.7 Å². The highest BCUT2D eigenvalue weighted by molar-refractivity contribution is 5.90. The van der Waals surface area contributed by atoms with Crippen molar-refractivity contribution in [2.24, 2.45) is 7.05 Å². The number of carbonyl (C=O) groups excluding carboxylic acids is 1. The fourth-order valence-electron chi connectivity index (χ4n) is 1.64. The minimum Gasteiger partial charge on any atom is -0.307 e. The SMILES string of the molecule is Cn1c(=N)c(F)cn(C(=O)Nc2cccc(C#N)c2)c1=O. The summed E-state index contributed by atoms with van der Waals surface area (Å²) in [5.74, 6) is -1.00. The van der Waals surface area contributed by atoms with E-state index in [1.165, 1.54) is 19.2 Å². The van der Waals surface area contributed by atoms with E-state index in [1.807, 2.05) is 6.07 Å². The van der Waals surface area contributed by atoms with Crippen LogP contribution >= 0.6 is 0 Å². The quantitative estimate of drug-likeness (QED) is 0.809. The molecule has 0 bridgehead atoms. The van der Waals surface area contributed by atoms with Gasteiger partial charge in [-0.05, 0) is 18.2 Å². The first-order valence-corrected chi connectivity index (χ1v) is 5.78. The molecule has 1 amide bonds. The maximum absolute atomic E-state index is 13.4. The minimum absolute atomic E-state index is 0.295. The highest BCUT2D eigenvalue weighted by atomic mass is 19.1. The summed E-state index contributed by atoms with van der Waals surface area (Å²) in [5.41, 5.74) is -0.840. The van der Waals surface area contributed by atoms with E-state index >= 15 is 0 Å². The van der Waals surface area contributed by atoms with Crippen molar-refractivity contribution in [1.82, 2.24) is 9.13 Å². The zero-order valence-corrected chi connectivity index (χ0v) is 10.9. The van der Waals surface area contributed by atoms with Gasteiger partial charge in [-0.2, -0.15) is 5.26 Å². The van der Waals surface area contributed by atoms with Gasteiger partial charge in [-0.1, -0.05) is 6.07 Å². The Kier molecular flexibility index (Phi) is 3.67. The van der Waals surface area contributed by atoms with Gasteiger partial charge in [0, 0.05) is 12.7 Å². The van der Waals surface area contributed by atoms with Gasteiger partial charge in [0.25, 0.3) is 0 Å². The highest BCUT2D eigenvalue weighted by Gasteiger charge is 2.12. The first kappa shape index (κ1) is 14.2. The number of aromatic nitrogens is 2. The molecule has 2 rings (SSSR count). The van der Waals surface area contributed by atoms with Crippen molar-refractivity contribution in [3.05, 3.63) is 57.8 Å². The number of hydrogen-bond donors (Lipinski definition) is 2. The summed E-state index contributed by atoms with van der Waals surface area (Å²) in [5, 5.41) is 18.5. The van der Waals surface area contributed by atoms with Crippen molar-refractivity contribution in [3.8, 4) is 6.07 Å². The van der Waals surface area contributed by atoms with E-state index in [-0.39, 0.29) is 0 Å². The van der Waals surface area contributed by atoms with Crippen LogP contribution in [0.25, 0.3) is 0 Å². The molecule has 0 fully saturated rings. The van der Waals surface area contributed by atoms with E-state index in [0.29, 0.717) is 26.6 Å². The molecule has 2 N–H and O–H groups in total. The zero-order chi connectivity index (χ0) is 15.6. The Balaban J connectivity index is 2.40. The Bertz CT molecular complexity index is 875.